The predicted molar refractivity (Wildman–Crippen MR) is 133 cm³/mol. The fourth-order valence-corrected chi connectivity index (χ4v) is 9.42. The Labute approximate surface area is 198 Å². The summed E-state index contributed by atoms with van der Waals surface area (Å²) in [6.45, 7) is 14.2. The molecule has 0 N–H and O–H groups in total. The first-order valence-corrected chi connectivity index (χ1v) is 14.0. The first kappa shape index (κ1) is 24.3. The van der Waals surface area contributed by atoms with Crippen molar-refractivity contribution in [3.8, 4) is 0 Å². The van der Waals surface area contributed by atoms with Gasteiger partial charge in [0.25, 0.3) is 0 Å². The van der Waals surface area contributed by atoms with Crippen molar-refractivity contribution in [3.05, 3.63) is 11.8 Å². The van der Waals surface area contributed by atoms with Gasteiger partial charge in [0, 0.05) is 13.3 Å². The fraction of sp³-hybridized carbons (Fsp3) is 0.900. The molecule has 4 aliphatic carbocycles. The zero-order valence-corrected chi connectivity index (χ0v) is 21.9. The molecule has 182 valence electrons. The zero-order valence-electron chi connectivity index (χ0n) is 21.9. The summed E-state index contributed by atoms with van der Waals surface area (Å²) in [6, 6.07) is 0. The third-order valence-corrected chi connectivity index (χ3v) is 11.0. The molecule has 3 saturated carbocycles. The van der Waals surface area contributed by atoms with Gasteiger partial charge in [0.1, 0.15) is 5.76 Å². The number of carbonyl (C=O) groups is 1. The lowest BCUT2D eigenvalue weighted by molar-refractivity contribution is -0.138. The van der Waals surface area contributed by atoms with E-state index < -0.39 is 0 Å². The Hall–Kier alpha value is -0.790. The van der Waals surface area contributed by atoms with Crippen molar-refractivity contribution in [2.75, 3.05) is 0 Å². The standard InChI is InChI=1S/C30H50O2/c1-20(2)9-7-10-21(3)26-14-15-27-25-13-12-23-19-24(32-22(4)31)11-8-17-29(23,5)28(25)16-18-30(26,27)6/h11,20-21,23,25-28H,7-10,12-19H2,1-6H3/t21-,23+,25+,26-,27-,28-,29+,30+/m1/s1. The van der Waals surface area contributed by atoms with Gasteiger partial charge in [-0.2, -0.15) is 0 Å². The van der Waals surface area contributed by atoms with Crippen LogP contribution in [0, 0.1) is 52.3 Å². The molecule has 0 radical (unpaired) electrons. The maximum atomic E-state index is 11.6. The molecule has 8 atom stereocenters. The molecule has 0 aromatic heterocycles. The van der Waals surface area contributed by atoms with Gasteiger partial charge in [-0.05, 0) is 110 Å². The molecule has 0 aliphatic heterocycles. The Morgan fingerprint density at radius 1 is 1.00 bits per heavy atom. The van der Waals surface area contributed by atoms with Crippen LogP contribution in [0.1, 0.15) is 119 Å². The Kier molecular flexibility index (Phi) is 7.19. The highest BCUT2D eigenvalue weighted by Crippen LogP contribution is 2.68. The second-order valence-corrected chi connectivity index (χ2v) is 13.2. The molecule has 0 saturated heterocycles. The minimum absolute atomic E-state index is 0.151. The van der Waals surface area contributed by atoms with Crippen molar-refractivity contribution >= 4 is 5.97 Å². The number of allylic oxidation sites excluding steroid dienone is 2. The molecule has 0 aromatic rings. The summed E-state index contributed by atoms with van der Waals surface area (Å²) in [5.74, 6) is 6.92. The highest BCUT2D eigenvalue weighted by Gasteiger charge is 2.60. The average molecular weight is 443 g/mol. The molecule has 2 heteroatoms. The van der Waals surface area contributed by atoms with Crippen LogP contribution in [0.4, 0.5) is 0 Å². The lowest BCUT2D eigenvalue weighted by Crippen LogP contribution is -2.52. The van der Waals surface area contributed by atoms with Crippen LogP contribution in [0.3, 0.4) is 0 Å². The summed E-state index contributed by atoms with van der Waals surface area (Å²) in [6.07, 6.45) is 18.4. The van der Waals surface area contributed by atoms with E-state index in [9.17, 15) is 4.79 Å². The third kappa shape index (κ3) is 4.46. The topological polar surface area (TPSA) is 26.3 Å². The van der Waals surface area contributed by atoms with Crippen molar-refractivity contribution in [2.24, 2.45) is 52.3 Å². The van der Waals surface area contributed by atoms with E-state index in [1.807, 2.05) is 0 Å². The normalized spacial score (nSPS) is 42.3. The number of esters is 1. The predicted octanol–water partition coefficient (Wildman–Crippen LogP) is 8.55. The first-order valence-electron chi connectivity index (χ1n) is 14.0. The minimum atomic E-state index is -0.151. The maximum Gasteiger partial charge on any atom is 0.307 e. The van der Waals surface area contributed by atoms with E-state index in [4.69, 9.17) is 4.74 Å². The Morgan fingerprint density at radius 3 is 2.47 bits per heavy atom. The highest BCUT2D eigenvalue weighted by molar-refractivity contribution is 5.67. The molecule has 0 spiro atoms. The molecule has 0 unspecified atom stereocenters. The van der Waals surface area contributed by atoms with Crippen LogP contribution in [-0.2, 0) is 9.53 Å². The molecule has 4 rings (SSSR count). The van der Waals surface area contributed by atoms with E-state index >= 15 is 0 Å². The van der Waals surface area contributed by atoms with Crippen molar-refractivity contribution < 1.29 is 9.53 Å². The van der Waals surface area contributed by atoms with Crippen LogP contribution in [0.5, 0.6) is 0 Å². The Morgan fingerprint density at radius 2 is 1.75 bits per heavy atom. The van der Waals surface area contributed by atoms with Crippen LogP contribution in [0.15, 0.2) is 11.8 Å². The summed E-state index contributed by atoms with van der Waals surface area (Å²) < 4.78 is 5.60. The summed E-state index contributed by atoms with van der Waals surface area (Å²) in [7, 11) is 0. The van der Waals surface area contributed by atoms with Gasteiger partial charge in [-0.1, -0.05) is 53.9 Å². The second-order valence-electron chi connectivity index (χ2n) is 13.2. The van der Waals surface area contributed by atoms with Crippen LogP contribution < -0.4 is 0 Å². The van der Waals surface area contributed by atoms with Gasteiger partial charge in [0.15, 0.2) is 0 Å². The molecule has 4 aliphatic rings. The van der Waals surface area contributed by atoms with Gasteiger partial charge in [0.2, 0.25) is 0 Å². The lowest BCUT2D eigenvalue weighted by Gasteiger charge is -2.59. The lowest BCUT2D eigenvalue weighted by atomic mass is 9.45. The summed E-state index contributed by atoms with van der Waals surface area (Å²) >= 11 is 0. The third-order valence-electron chi connectivity index (χ3n) is 11.0. The summed E-state index contributed by atoms with van der Waals surface area (Å²) in [4.78, 5) is 11.6. The number of fused-ring (bicyclic) bond motifs is 5. The minimum Gasteiger partial charge on any atom is -0.432 e. The number of ether oxygens (including phenoxy) is 1. The fourth-order valence-electron chi connectivity index (χ4n) is 9.42. The van der Waals surface area contributed by atoms with E-state index in [0.29, 0.717) is 16.7 Å². The van der Waals surface area contributed by atoms with E-state index in [1.165, 1.54) is 64.2 Å². The molecule has 0 aromatic carbocycles. The average Bonchev–Trinajstić information content (AvgIpc) is 2.97. The number of rotatable bonds is 6. The van der Waals surface area contributed by atoms with Crippen LogP contribution >= 0.6 is 0 Å². The van der Waals surface area contributed by atoms with Gasteiger partial charge >= 0.3 is 5.97 Å². The van der Waals surface area contributed by atoms with E-state index in [1.54, 1.807) is 6.92 Å². The SMILES string of the molecule is CC(=O)OC1=CCC[C@@]2(C)[C@@H](CC[C@H]3[C@H]4CC[C@H]([C@H](C)CCCC(C)C)[C@]4(C)CC[C@H]32)C1. The highest BCUT2D eigenvalue weighted by atomic mass is 16.5. The van der Waals surface area contributed by atoms with Gasteiger partial charge in [0.05, 0.1) is 0 Å². The summed E-state index contributed by atoms with van der Waals surface area (Å²) in [5.41, 5.74) is 0.997. The van der Waals surface area contributed by atoms with Crippen molar-refractivity contribution in [3.63, 3.8) is 0 Å². The quantitative estimate of drug-likeness (QED) is 0.385. The second kappa shape index (κ2) is 9.46. The maximum absolute atomic E-state index is 11.6. The smallest absolute Gasteiger partial charge is 0.307 e. The Balaban J connectivity index is 1.46. The number of hydrogen-bond donors (Lipinski definition) is 0. The van der Waals surface area contributed by atoms with Crippen LogP contribution in [0.2, 0.25) is 0 Å². The monoisotopic (exact) mass is 442 g/mol. The Bertz CT molecular complexity index is 708. The molecule has 0 heterocycles. The van der Waals surface area contributed by atoms with E-state index in [2.05, 4.69) is 40.7 Å². The van der Waals surface area contributed by atoms with Crippen LogP contribution in [-0.4, -0.2) is 5.97 Å². The molecule has 0 amide bonds. The van der Waals surface area contributed by atoms with Crippen molar-refractivity contribution in [1.82, 2.24) is 0 Å². The van der Waals surface area contributed by atoms with Crippen LogP contribution in [0.25, 0.3) is 0 Å². The molecule has 32 heavy (non-hydrogen) atoms. The molecular weight excluding hydrogens is 392 g/mol. The number of hydrogen-bond acceptors (Lipinski definition) is 2. The van der Waals surface area contributed by atoms with Gasteiger partial charge < -0.3 is 4.74 Å². The first-order chi connectivity index (χ1) is 15.1. The van der Waals surface area contributed by atoms with E-state index in [-0.39, 0.29) is 5.97 Å². The zero-order chi connectivity index (χ0) is 23.1. The number of carbonyl (C=O) groups excluding carboxylic acids is 1. The van der Waals surface area contributed by atoms with Crippen molar-refractivity contribution in [2.45, 2.75) is 119 Å². The molecular formula is C30H50O2. The van der Waals surface area contributed by atoms with E-state index in [0.717, 1.165) is 54.1 Å². The van der Waals surface area contributed by atoms with Gasteiger partial charge in [-0.25, -0.2) is 0 Å². The molecule has 0 bridgehead atoms. The molecule has 3 fully saturated rings. The van der Waals surface area contributed by atoms with Crippen molar-refractivity contribution in [1.29, 1.82) is 0 Å². The van der Waals surface area contributed by atoms with Gasteiger partial charge in [-0.15, -0.1) is 0 Å². The summed E-state index contributed by atoms with van der Waals surface area (Å²) in [5, 5.41) is 0. The largest absolute Gasteiger partial charge is 0.432 e. The van der Waals surface area contributed by atoms with Gasteiger partial charge in [-0.3, -0.25) is 4.79 Å². The molecule has 2 nitrogen and oxygen atoms in total.